The van der Waals surface area contributed by atoms with Gasteiger partial charge < -0.3 is 9.64 Å². The van der Waals surface area contributed by atoms with Crippen LogP contribution in [0.1, 0.15) is 31.2 Å². The van der Waals surface area contributed by atoms with Crippen LogP contribution in [0.15, 0.2) is 58.4 Å². The SMILES string of the molecule is Cn1c(=O)c2nc(-c3ccc(OCCCN4CCCCC4)cc3)nnc2n(Cc2cccnc2)c1=O. The van der Waals surface area contributed by atoms with Crippen molar-refractivity contribution in [2.75, 3.05) is 26.2 Å². The Morgan fingerprint density at radius 3 is 2.56 bits per heavy atom. The molecule has 0 aliphatic carbocycles. The fourth-order valence-electron chi connectivity index (χ4n) is 4.46. The van der Waals surface area contributed by atoms with E-state index in [4.69, 9.17) is 4.74 Å². The Morgan fingerprint density at radius 2 is 1.81 bits per heavy atom. The van der Waals surface area contributed by atoms with Gasteiger partial charge in [-0.05, 0) is 68.2 Å². The van der Waals surface area contributed by atoms with E-state index in [1.807, 2.05) is 30.3 Å². The third kappa shape index (κ3) is 5.18. The van der Waals surface area contributed by atoms with Gasteiger partial charge in [0.25, 0.3) is 5.56 Å². The third-order valence-corrected chi connectivity index (χ3v) is 6.46. The Labute approximate surface area is 208 Å². The zero-order valence-electron chi connectivity index (χ0n) is 20.3. The van der Waals surface area contributed by atoms with Gasteiger partial charge in [0, 0.05) is 31.5 Å². The highest BCUT2D eigenvalue weighted by Gasteiger charge is 2.16. The summed E-state index contributed by atoms with van der Waals surface area (Å²) in [6.07, 6.45) is 8.24. The quantitative estimate of drug-likeness (QED) is 0.348. The van der Waals surface area contributed by atoms with E-state index in [1.165, 1.54) is 44.0 Å². The topological polar surface area (TPSA) is 108 Å². The first-order valence-corrected chi connectivity index (χ1v) is 12.3. The summed E-state index contributed by atoms with van der Waals surface area (Å²) in [5.74, 6) is 1.08. The van der Waals surface area contributed by atoms with Crippen LogP contribution >= 0.6 is 0 Å². The van der Waals surface area contributed by atoms with E-state index in [1.54, 1.807) is 18.5 Å². The van der Waals surface area contributed by atoms with Crippen LogP contribution in [-0.4, -0.2) is 60.4 Å². The molecule has 5 rings (SSSR count). The van der Waals surface area contributed by atoms with Crippen LogP contribution in [0.4, 0.5) is 0 Å². The summed E-state index contributed by atoms with van der Waals surface area (Å²) >= 11 is 0. The molecule has 1 aromatic carbocycles. The molecule has 10 heteroatoms. The van der Waals surface area contributed by atoms with Gasteiger partial charge in [0.15, 0.2) is 17.0 Å². The highest BCUT2D eigenvalue weighted by molar-refractivity contribution is 5.71. The van der Waals surface area contributed by atoms with Crippen LogP contribution in [0, 0.1) is 0 Å². The fourth-order valence-corrected chi connectivity index (χ4v) is 4.46. The van der Waals surface area contributed by atoms with Crippen molar-refractivity contribution in [1.82, 2.24) is 34.2 Å². The molecule has 10 nitrogen and oxygen atoms in total. The number of hydrogen-bond donors (Lipinski definition) is 0. The second-order valence-corrected chi connectivity index (χ2v) is 9.03. The maximum absolute atomic E-state index is 12.8. The average Bonchev–Trinajstić information content (AvgIpc) is 2.93. The van der Waals surface area contributed by atoms with Gasteiger partial charge in [0.1, 0.15) is 5.75 Å². The highest BCUT2D eigenvalue weighted by Crippen LogP contribution is 2.20. The number of rotatable bonds is 8. The van der Waals surface area contributed by atoms with E-state index >= 15 is 0 Å². The van der Waals surface area contributed by atoms with Crippen molar-refractivity contribution in [3.8, 4) is 17.1 Å². The minimum atomic E-state index is -0.512. The summed E-state index contributed by atoms with van der Waals surface area (Å²) in [7, 11) is 1.43. The summed E-state index contributed by atoms with van der Waals surface area (Å²) in [6, 6.07) is 11.1. The van der Waals surface area contributed by atoms with Gasteiger partial charge in [0.05, 0.1) is 13.2 Å². The van der Waals surface area contributed by atoms with Crippen LogP contribution in [0.2, 0.25) is 0 Å². The molecule has 36 heavy (non-hydrogen) atoms. The van der Waals surface area contributed by atoms with Crippen LogP contribution in [0.5, 0.6) is 5.75 Å². The van der Waals surface area contributed by atoms with Crippen LogP contribution in [0.3, 0.4) is 0 Å². The average molecular weight is 488 g/mol. The summed E-state index contributed by atoms with van der Waals surface area (Å²) < 4.78 is 8.33. The second kappa shape index (κ2) is 10.8. The number of likely N-dealkylation sites (tertiary alicyclic amines) is 1. The van der Waals surface area contributed by atoms with Gasteiger partial charge in [-0.3, -0.25) is 18.9 Å². The Morgan fingerprint density at radius 1 is 1.00 bits per heavy atom. The molecule has 0 bridgehead atoms. The molecule has 1 aliphatic rings. The van der Waals surface area contributed by atoms with Crippen molar-refractivity contribution >= 4 is 11.2 Å². The Kier molecular flexibility index (Phi) is 7.13. The Bertz CT molecular complexity index is 1440. The number of piperidine rings is 1. The minimum Gasteiger partial charge on any atom is -0.494 e. The van der Waals surface area contributed by atoms with Gasteiger partial charge in [-0.25, -0.2) is 9.78 Å². The van der Waals surface area contributed by atoms with E-state index in [2.05, 4.69) is 25.1 Å². The molecule has 0 N–H and O–H groups in total. The number of fused-ring (bicyclic) bond motifs is 1. The predicted octanol–water partition coefficient (Wildman–Crippen LogP) is 2.25. The number of hydrogen-bond acceptors (Lipinski definition) is 8. The van der Waals surface area contributed by atoms with Crippen molar-refractivity contribution < 1.29 is 4.74 Å². The summed E-state index contributed by atoms with van der Waals surface area (Å²) in [6.45, 7) is 4.31. The fraction of sp³-hybridized carbons (Fsp3) is 0.385. The Balaban J connectivity index is 1.33. The molecule has 0 saturated carbocycles. The predicted molar refractivity (Wildman–Crippen MR) is 136 cm³/mol. The van der Waals surface area contributed by atoms with Crippen LogP contribution in [-0.2, 0) is 13.6 Å². The van der Waals surface area contributed by atoms with E-state index in [0.717, 1.165) is 28.8 Å². The molecule has 0 amide bonds. The van der Waals surface area contributed by atoms with Gasteiger partial charge in [-0.1, -0.05) is 12.5 Å². The molecule has 0 unspecified atom stereocenters. The van der Waals surface area contributed by atoms with Crippen molar-refractivity contribution in [2.24, 2.45) is 7.05 Å². The molecule has 3 aromatic heterocycles. The maximum atomic E-state index is 12.8. The normalized spacial score (nSPS) is 14.2. The smallest absolute Gasteiger partial charge is 0.332 e. The maximum Gasteiger partial charge on any atom is 0.332 e. The van der Waals surface area contributed by atoms with Gasteiger partial charge in [-0.15, -0.1) is 10.2 Å². The first-order valence-electron chi connectivity index (χ1n) is 12.3. The molecule has 4 aromatic rings. The monoisotopic (exact) mass is 487 g/mol. The Hall–Kier alpha value is -3.92. The molecule has 1 aliphatic heterocycles. The van der Waals surface area contributed by atoms with Crippen molar-refractivity contribution in [1.29, 1.82) is 0 Å². The summed E-state index contributed by atoms with van der Waals surface area (Å²) in [5.41, 5.74) is 0.742. The molecular formula is C26H29N7O3. The third-order valence-electron chi connectivity index (χ3n) is 6.46. The van der Waals surface area contributed by atoms with Crippen molar-refractivity contribution in [2.45, 2.75) is 32.2 Å². The largest absolute Gasteiger partial charge is 0.494 e. The number of aromatic nitrogens is 6. The van der Waals surface area contributed by atoms with E-state index < -0.39 is 11.2 Å². The van der Waals surface area contributed by atoms with Gasteiger partial charge >= 0.3 is 5.69 Å². The van der Waals surface area contributed by atoms with E-state index in [0.29, 0.717) is 18.0 Å². The second-order valence-electron chi connectivity index (χ2n) is 9.03. The molecule has 0 spiro atoms. The van der Waals surface area contributed by atoms with Crippen molar-refractivity contribution in [3.05, 3.63) is 75.2 Å². The van der Waals surface area contributed by atoms with Gasteiger partial charge in [0.2, 0.25) is 0 Å². The lowest BCUT2D eigenvalue weighted by atomic mass is 10.1. The van der Waals surface area contributed by atoms with E-state index in [-0.39, 0.29) is 17.7 Å². The molecule has 1 saturated heterocycles. The number of ether oxygens (including phenoxy) is 1. The zero-order chi connectivity index (χ0) is 24.9. The summed E-state index contributed by atoms with van der Waals surface area (Å²) in [4.78, 5) is 36.7. The minimum absolute atomic E-state index is 0.0871. The van der Waals surface area contributed by atoms with Crippen molar-refractivity contribution in [3.63, 3.8) is 0 Å². The zero-order valence-corrected chi connectivity index (χ0v) is 20.3. The number of benzene rings is 1. The lowest BCUT2D eigenvalue weighted by molar-refractivity contribution is 0.205. The van der Waals surface area contributed by atoms with E-state index in [9.17, 15) is 9.59 Å². The first kappa shape index (κ1) is 23.8. The van der Waals surface area contributed by atoms with Gasteiger partial charge in [-0.2, -0.15) is 0 Å². The molecule has 4 heterocycles. The molecule has 0 atom stereocenters. The standard InChI is InChI=1S/C26H29N7O3/c1-31-25(34)22-24(33(26(31)35)18-19-7-5-12-27-17-19)30-29-23(28-22)20-8-10-21(11-9-20)36-16-6-15-32-13-3-2-4-14-32/h5,7-12,17H,2-4,6,13-16,18H2,1H3. The molecule has 1 fully saturated rings. The molecule has 0 radical (unpaired) electrons. The molecule has 186 valence electrons. The molecular weight excluding hydrogens is 458 g/mol. The lowest BCUT2D eigenvalue weighted by Crippen LogP contribution is -2.39. The number of nitrogens with zero attached hydrogens (tertiary/aromatic N) is 7. The summed E-state index contributed by atoms with van der Waals surface area (Å²) in [5, 5.41) is 8.44. The first-order chi connectivity index (χ1) is 17.6. The lowest BCUT2D eigenvalue weighted by Gasteiger charge is -2.26. The van der Waals surface area contributed by atoms with Crippen LogP contribution in [0.25, 0.3) is 22.6 Å². The highest BCUT2D eigenvalue weighted by atomic mass is 16.5. The van der Waals surface area contributed by atoms with Crippen LogP contribution < -0.4 is 16.0 Å². The number of pyridine rings is 1.